The SMILES string of the molecule is Cc1ccc(C)c(-n2ccnc2SCC(=O)N(C)Cc2cnn(C)c2)c1. The van der Waals surface area contributed by atoms with Crippen molar-refractivity contribution in [3.63, 3.8) is 0 Å². The summed E-state index contributed by atoms with van der Waals surface area (Å²) in [4.78, 5) is 18.6. The Morgan fingerprint density at radius 1 is 1.31 bits per heavy atom. The zero-order chi connectivity index (χ0) is 18.7. The lowest BCUT2D eigenvalue weighted by Crippen LogP contribution is -2.27. The summed E-state index contributed by atoms with van der Waals surface area (Å²) in [7, 11) is 3.68. The average molecular weight is 369 g/mol. The van der Waals surface area contributed by atoms with Gasteiger partial charge in [-0.05, 0) is 31.0 Å². The molecule has 0 radical (unpaired) electrons. The third-order valence-electron chi connectivity index (χ3n) is 4.16. The molecule has 3 rings (SSSR count). The van der Waals surface area contributed by atoms with Gasteiger partial charge in [0, 0.05) is 44.8 Å². The number of imidazole rings is 1. The lowest BCUT2D eigenvalue weighted by molar-refractivity contribution is -0.127. The molecule has 0 fully saturated rings. The van der Waals surface area contributed by atoms with Crippen molar-refractivity contribution < 1.29 is 4.79 Å². The van der Waals surface area contributed by atoms with E-state index in [-0.39, 0.29) is 5.91 Å². The Balaban J connectivity index is 1.66. The molecule has 7 heteroatoms. The Hall–Kier alpha value is -2.54. The van der Waals surface area contributed by atoms with E-state index in [1.54, 1.807) is 22.0 Å². The molecule has 2 aromatic heterocycles. The second-order valence-corrected chi connectivity index (χ2v) is 7.37. The van der Waals surface area contributed by atoms with E-state index in [1.165, 1.54) is 22.9 Å². The Kier molecular flexibility index (Phi) is 5.46. The first-order valence-corrected chi connectivity index (χ1v) is 9.38. The number of nitrogens with zero attached hydrogens (tertiary/aromatic N) is 5. The first-order valence-electron chi connectivity index (χ1n) is 8.39. The predicted octanol–water partition coefficient (Wildman–Crippen LogP) is 2.97. The van der Waals surface area contributed by atoms with Crippen LogP contribution in [0.1, 0.15) is 16.7 Å². The molecule has 0 saturated carbocycles. The van der Waals surface area contributed by atoms with Gasteiger partial charge in [0.1, 0.15) is 0 Å². The summed E-state index contributed by atoms with van der Waals surface area (Å²) in [5.74, 6) is 0.410. The van der Waals surface area contributed by atoms with Gasteiger partial charge in [0.25, 0.3) is 0 Å². The highest BCUT2D eigenvalue weighted by atomic mass is 32.2. The summed E-state index contributed by atoms with van der Waals surface area (Å²) in [6, 6.07) is 6.34. The monoisotopic (exact) mass is 369 g/mol. The lowest BCUT2D eigenvalue weighted by atomic mass is 10.1. The van der Waals surface area contributed by atoms with Crippen molar-refractivity contribution in [1.29, 1.82) is 0 Å². The van der Waals surface area contributed by atoms with E-state index in [1.807, 2.05) is 31.1 Å². The maximum atomic E-state index is 12.5. The number of hydrogen-bond donors (Lipinski definition) is 0. The van der Waals surface area contributed by atoms with Gasteiger partial charge in [0.15, 0.2) is 5.16 Å². The fourth-order valence-electron chi connectivity index (χ4n) is 2.71. The second kappa shape index (κ2) is 7.78. The van der Waals surface area contributed by atoms with Crippen molar-refractivity contribution >= 4 is 17.7 Å². The summed E-state index contributed by atoms with van der Waals surface area (Å²) in [6.07, 6.45) is 7.41. The second-order valence-electron chi connectivity index (χ2n) is 6.43. The van der Waals surface area contributed by atoms with E-state index < -0.39 is 0 Å². The van der Waals surface area contributed by atoms with Crippen LogP contribution in [0.15, 0.2) is 48.1 Å². The zero-order valence-corrected chi connectivity index (χ0v) is 16.3. The number of aromatic nitrogens is 4. The van der Waals surface area contributed by atoms with Crippen LogP contribution in [0, 0.1) is 13.8 Å². The average Bonchev–Trinajstić information content (AvgIpc) is 3.23. The Bertz CT molecular complexity index is 914. The molecule has 0 spiro atoms. The van der Waals surface area contributed by atoms with E-state index in [0.29, 0.717) is 12.3 Å². The number of thioether (sulfide) groups is 1. The van der Waals surface area contributed by atoms with Crippen LogP contribution in [0.4, 0.5) is 0 Å². The van der Waals surface area contributed by atoms with Crippen LogP contribution in [0.2, 0.25) is 0 Å². The molecule has 136 valence electrons. The molecule has 1 amide bonds. The molecule has 6 nitrogen and oxygen atoms in total. The van der Waals surface area contributed by atoms with Crippen molar-refractivity contribution in [1.82, 2.24) is 24.2 Å². The summed E-state index contributed by atoms with van der Waals surface area (Å²) >= 11 is 1.46. The fraction of sp³-hybridized carbons (Fsp3) is 0.316. The smallest absolute Gasteiger partial charge is 0.233 e. The van der Waals surface area contributed by atoms with E-state index in [9.17, 15) is 4.79 Å². The number of benzene rings is 1. The van der Waals surface area contributed by atoms with E-state index in [4.69, 9.17) is 0 Å². The molecule has 0 aliphatic rings. The predicted molar refractivity (Wildman–Crippen MR) is 103 cm³/mol. The summed E-state index contributed by atoms with van der Waals surface area (Å²) in [5.41, 5.74) is 4.49. The number of rotatable bonds is 6. The van der Waals surface area contributed by atoms with Gasteiger partial charge in [-0.3, -0.25) is 14.0 Å². The molecule has 1 aromatic carbocycles. The van der Waals surface area contributed by atoms with Gasteiger partial charge in [-0.2, -0.15) is 5.10 Å². The quantitative estimate of drug-likeness (QED) is 0.627. The Labute approximate surface area is 157 Å². The minimum atomic E-state index is 0.0642. The first-order chi connectivity index (χ1) is 12.4. The maximum absolute atomic E-state index is 12.5. The molecule has 0 N–H and O–H groups in total. The van der Waals surface area contributed by atoms with Gasteiger partial charge < -0.3 is 4.90 Å². The zero-order valence-electron chi connectivity index (χ0n) is 15.5. The minimum Gasteiger partial charge on any atom is -0.341 e. The van der Waals surface area contributed by atoms with Gasteiger partial charge >= 0.3 is 0 Å². The largest absolute Gasteiger partial charge is 0.341 e. The van der Waals surface area contributed by atoms with E-state index in [0.717, 1.165) is 16.4 Å². The number of carbonyl (C=O) groups excluding carboxylic acids is 1. The van der Waals surface area contributed by atoms with Crippen LogP contribution >= 0.6 is 11.8 Å². The highest BCUT2D eigenvalue weighted by Crippen LogP contribution is 2.24. The number of amides is 1. The van der Waals surface area contributed by atoms with Gasteiger partial charge in [-0.1, -0.05) is 23.9 Å². The normalized spacial score (nSPS) is 10.9. The van der Waals surface area contributed by atoms with Crippen LogP contribution in [0.5, 0.6) is 0 Å². The molecular weight excluding hydrogens is 346 g/mol. The Morgan fingerprint density at radius 2 is 2.12 bits per heavy atom. The molecule has 0 atom stereocenters. The highest BCUT2D eigenvalue weighted by molar-refractivity contribution is 7.99. The van der Waals surface area contributed by atoms with Crippen molar-refractivity contribution in [3.05, 3.63) is 59.7 Å². The summed E-state index contributed by atoms with van der Waals surface area (Å²) < 4.78 is 3.78. The van der Waals surface area contributed by atoms with Crippen molar-refractivity contribution in [3.8, 4) is 5.69 Å². The van der Waals surface area contributed by atoms with Gasteiger partial charge in [0.05, 0.1) is 17.6 Å². The van der Waals surface area contributed by atoms with Gasteiger partial charge in [-0.25, -0.2) is 4.98 Å². The van der Waals surface area contributed by atoms with Crippen molar-refractivity contribution in [2.75, 3.05) is 12.8 Å². The van der Waals surface area contributed by atoms with E-state index in [2.05, 4.69) is 42.1 Å². The third kappa shape index (κ3) is 4.16. The molecule has 0 bridgehead atoms. The molecule has 0 saturated heterocycles. The summed E-state index contributed by atoms with van der Waals surface area (Å²) in [5, 5.41) is 4.96. The molecule has 0 unspecified atom stereocenters. The van der Waals surface area contributed by atoms with Crippen LogP contribution in [-0.4, -0.2) is 42.9 Å². The fourth-order valence-corrected chi connectivity index (χ4v) is 3.62. The molecule has 0 aliphatic carbocycles. The molecule has 0 aliphatic heterocycles. The molecular formula is C19H23N5OS. The topological polar surface area (TPSA) is 56.0 Å². The van der Waals surface area contributed by atoms with Gasteiger partial charge in [0.2, 0.25) is 5.91 Å². The minimum absolute atomic E-state index is 0.0642. The maximum Gasteiger partial charge on any atom is 0.233 e. The molecule has 3 aromatic rings. The number of aryl methyl sites for hydroxylation is 3. The van der Waals surface area contributed by atoms with Gasteiger partial charge in [-0.15, -0.1) is 0 Å². The van der Waals surface area contributed by atoms with Crippen molar-refractivity contribution in [2.45, 2.75) is 25.5 Å². The van der Waals surface area contributed by atoms with Crippen LogP contribution in [-0.2, 0) is 18.4 Å². The third-order valence-corrected chi connectivity index (χ3v) is 5.11. The van der Waals surface area contributed by atoms with Crippen molar-refractivity contribution in [2.24, 2.45) is 7.05 Å². The lowest BCUT2D eigenvalue weighted by Gasteiger charge is -2.16. The number of hydrogen-bond acceptors (Lipinski definition) is 4. The van der Waals surface area contributed by atoms with Crippen LogP contribution in [0.3, 0.4) is 0 Å². The molecule has 26 heavy (non-hydrogen) atoms. The van der Waals surface area contributed by atoms with Crippen LogP contribution in [0.25, 0.3) is 5.69 Å². The van der Waals surface area contributed by atoms with Crippen LogP contribution < -0.4 is 0 Å². The standard InChI is InChI=1S/C19H23N5OS/c1-14-5-6-15(2)17(9-14)24-8-7-20-19(24)26-13-18(25)22(3)11-16-10-21-23(4)12-16/h5-10,12H,11,13H2,1-4H3. The summed E-state index contributed by atoms with van der Waals surface area (Å²) in [6.45, 7) is 4.71. The number of carbonyl (C=O) groups is 1. The first kappa shape index (κ1) is 18.3. The Morgan fingerprint density at radius 3 is 2.85 bits per heavy atom. The van der Waals surface area contributed by atoms with E-state index >= 15 is 0 Å². The highest BCUT2D eigenvalue weighted by Gasteiger charge is 2.14. The molecule has 2 heterocycles.